The van der Waals surface area contributed by atoms with Crippen molar-refractivity contribution in [1.29, 1.82) is 0 Å². The van der Waals surface area contributed by atoms with Crippen molar-refractivity contribution >= 4 is 5.97 Å². The number of aliphatic carboxylic acids is 1. The van der Waals surface area contributed by atoms with E-state index in [9.17, 15) is 4.79 Å². The summed E-state index contributed by atoms with van der Waals surface area (Å²) in [6, 6.07) is 0.495. The Labute approximate surface area is 96.6 Å². The molecule has 16 heavy (non-hydrogen) atoms. The van der Waals surface area contributed by atoms with Gasteiger partial charge in [-0.05, 0) is 45.7 Å². The molecule has 0 aromatic heterocycles. The van der Waals surface area contributed by atoms with Crippen LogP contribution in [-0.2, 0) is 9.53 Å². The Morgan fingerprint density at radius 2 is 2.19 bits per heavy atom. The molecule has 0 bridgehead atoms. The first-order valence-electron chi connectivity index (χ1n) is 6.23. The minimum Gasteiger partial charge on any atom is -0.481 e. The summed E-state index contributed by atoms with van der Waals surface area (Å²) in [5.74, 6) is -0.964. The van der Waals surface area contributed by atoms with Crippen LogP contribution in [0.5, 0.6) is 0 Å². The van der Waals surface area contributed by atoms with Gasteiger partial charge in [0.25, 0.3) is 0 Å². The zero-order valence-electron chi connectivity index (χ0n) is 9.89. The summed E-state index contributed by atoms with van der Waals surface area (Å²) in [6.07, 6.45) is 5.04. The number of hydrogen-bond acceptors (Lipinski definition) is 3. The third kappa shape index (κ3) is 2.55. The Morgan fingerprint density at radius 3 is 2.81 bits per heavy atom. The zero-order valence-corrected chi connectivity index (χ0v) is 9.89. The lowest BCUT2D eigenvalue weighted by Gasteiger charge is -2.23. The van der Waals surface area contributed by atoms with Crippen molar-refractivity contribution in [3.63, 3.8) is 0 Å². The lowest BCUT2D eigenvalue weighted by atomic mass is 10.1. The van der Waals surface area contributed by atoms with Crippen molar-refractivity contribution < 1.29 is 14.6 Å². The monoisotopic (exact) mass is 227 g/mol. The molecule has 0 aromatic rings. The van der Waals surface area contributed by atoms with Crippen LogP contribution in [0.3, 0.4) is 0 Å². The molecule has 4 nitrogen and oxygen atoms in total. The highest BCUT2D eigenvalue weighted by Crippen LogP contribution is 2.29. The van der Waals surface area contributed by atoms with Gasteiger partial charge in [0, 0.05) is 6.04 Å². The maximum absolute atomic E-state index is 11.0. The van der Waals surface area contributed by atoms with Gasteiger partial charge in [-0.3, -0.25) is 4.79 Å². The molecule has 0 spiro atoms. The SMILES string of the molecule is CN1CCC[C@H]1COC1CCCC1C(=O)O. The summed E-state index contributed by atoms with van der Waals surface area (Å²) < 4.78 is 5.81. The van der Waals surface area contributed by atoms with Crippen LogP contribution in [0.2, 0.25) is 0 Å². The highest BCUT2D eigenvalue weighted by Gasteiger charge is 2.34. The number of carboxylic acids is 1. The summed E-state index contributed by atoms with van der Waals surface area (Å²) in [5.41, 5.74) is 0. The van der Waals surface area contributed by atoms with E-state index < -0.39 is 5.97 Å². The molecule has 92 valence electrons. The number of likely N-dealkylation sites (N-methyl/N-ethyl adjacent to an activating group) is 1. The minimum atomic E-state index is -0.692. The van der Waals surface area contributed by atoms with Crippen LogP contribution in [0.25, 0.3) is 0 Å². The normalized spacial score (nSPS) is 35.7. The molecule has 1 aliphatic heterocycles. The standard InChI is InChI=1S/C12H21NO3/c1-13-7-3-4-9(13)8-16-11-6-2-5-10(11)12(14)15/h9-11H,2-8H2,1H3,(H,14,15)/t9-,10?,11?/m0/s1. The fourth-order valence-corrected chi connectivity index (χ4v) is 2.83. The third-order valence-corrected chi connectivity index (χ3v) is 3.94. The van der Waals surface area contributed by atoms with Gasteiger partial charge in [0.2, 0.25) is 0 Å². The van der Waals surface area contributed by atoms with Gasteiger partial charge in [0.15, 0.2) is 0 Å². The second-order valence-corrected chi connectivity index (χ2v) is 5.02. The largest absolute Gasteiger partial charge is 0.481 e. The molecule has 1 heterocycles. The highest BCUT2D eigenvalue weighted by molar-refractivity contribution is 5.71. The first kappa shape index (κ1) is 11.9. The van der Waals surface area contributed by atoms with E-state index in [1.165, 1.54) is 12.8 Å². The summed E-state index contributed by atoms with van der Waals surface area (Å²) in [7, 11) is 2.12. The van der Waals surface area contributed by atoms with Crippen molar-refractivity contribution in [3.05, 3.63) is 0 Å². The predicted octanol–water partition coefficient (Wildman–Crippen LogP) is 1.35. The van der Waals surface area contributed by atoms with Gasteiger partial charge in [-0.1, -0.05) is 0 Å². The second-order valence-electron chi connectivity index (χ2n) is 5.02. The van der Waals surface area contributed by atoms with E-state index in [-0.39, 0.29) is 12.0 Å². The van der Waals surface area contributed by atoms with Crippen LogP contribution in [-0.4, -0.2) is 48.3 Å². The fourth-order valence-electron chi connectivity index (χ4n) is 2.83. The van der Waals surface area contributed by atoms with E-state index in [1.807, 2.05) is 0 Å². The molecule has 1 aliphatic carbocycles. The van der Waals surface area contributed by atoms with Gasteiger partial charge < -0.3 is 14.7 Å². The Hall–Kier alpha value is -0.610. The molecule has 0 amide bonds. The van der Waals surface area contributed by atoms with Gasteiger partial charge in [-0.2, -0.15) is 0 Å². The lowest BCUT2D eigenvalue weighted by molar-refractivity contribution is -0.146. The Morgan fingerprint density at radius 1 is 1.38 bits per heavy atom. The third-order valence-electron chi connectivity index (χ3n) is 3.94. The molecule has 2 rings (SSSR count). The van der Waals surface area contributed by atoms with E-state index in [0.717, 1.165) is 25.8 Å². The van der Waals surface area contributed by atoms with Crippen molar-refractivity contribution in [2.75, 3.05) is 20.2 Å². The Balaban J connectivity index is 1.78. The molecular weight excluding hydrogens is 206 g/mol. The number of likely N-dealkylation sites (tertiary alicyclic amines) is 1. The summed E-state index contributed by atoms with van der Waals surface area (Å²) in [5, 5.41) is 9.04. The Bertz CT molecular complexity index is 257. The predicted molar refractivity (Wildman–Crippen MR) is 60.4 cm³/mol. The smallest absolute Gasteiger partial charge is 0.309 e. The molecule has 1 saturated heterocycles. The number of carboxylic acid groups (broad SMARTS) is 1. The van der Waals surface area contributed by atoms with Crippen LogP contribution in [0.4, 0.5) is 0 Å². The topological polar surface area (TPSA) is 49.8 Å². The maximum Gasteiger partial charge on any atom is 0.309 e. The minimum absolute atomic E-state index is 0.0495. The number of ether oxygens (including phenoxy) is 1. The van der Waals surface area contributed by atoms with E-state index in [1.54, 1.807) is 0 Å². The van der Waals surface area contributed by atoms with Gasteiger partial charge in [-0.25, -0.2) is 0 Å². The summed E-state index contributed by atoms with van der Waals surface area (Å²) in [6.45, 7) is 1.84. The van der Waals surface area contributed by atoms with Crippen LogP contribution < -0.4 is 0 Å². The Kier molecular flexibility index (Phi) is 3.82. The van der Waals surface area contributed by atoms with Crippen LogP contribution >= 0.6 is 0 Å². The van der Waals surface area contributed by atoms with Crippen molar-refractivity contribution in [2.45, 2.75) is 44.2 Å². The quantitative estimate of drug-likeness (QED) is 0.787. The first-order chi connectivity index (χ1) is 7.68. The number of rotatable bonds is 4. The average Bonchev–Trinajstić information content (AvgIpc) is 2.83. The molecule has 0 aromatic carbocycles. The molecule has 1 saturated carbocycles. The van der Waals surface area contributed by atoms with Gasteiger partial charge in [0.1, 0.15) is 0 Å². The molecule has 2 unspecified atom stereocenters. The van der Waals surface area contributed by atoms with E-state index in [0.29, 0.717) is 12.6 Å². The number of hydrogen-bond donors (Lipinski definition) is 1. The molecule has 3 atom stereocenters. The van der Waals surface area contributed by atoms with Gasteiger partial charge in [0.05, 0.1) is 18.6 Å². The van der Waals surface area contributed by atoms with Crippen molar-refractivity contribution in [2.24, 2.45) is 5.92 Å². The van der Waals surface area contributed by atoms with Crippen LogP contribution in [0.15, 0.2) is 0 Å². The molecule has 0 radical (unpaired) electrons. The second kappa shape index (κ2) is 5.15. The van der Waals surface area contributed by atoms with Crippen molar-refractivity contribution in [1.82, 2.24) is 4.90 Å². The van der Waals surface area contributed by atoms with Gasteiger partial charge in [-0.15, -0.1) is 0 Å². The van der Waals surface area contributed by atoms with E-state index in [4.69, 9.17) is 9.84 Å². The molecule has 4 heteroatoms. The summed E-state index contributed by atoms with van der Waals surface area (Å²) in [4.78, 5) is 13.3. The van der Waals surface area contributed by atoms with Crippen LogP contribution in [0, 0.1) is 5.92 Å². The van der Waals surface area contributed by atoms with E-state index >= 15 is 0 Å². The average molecular weight is 227 g/mol. The highest BCUT2D eigenvalue weighted by atomic mass is 16.5. The summed E-state index contributed by atoms with van der Waals surface area (Å²) >= 11 is 0. The van der Waals surface area contributed by atoms with Gasteiger partial charge >= 0.3 is 5.97 Å². The molecule has 2 aliphatic rings. The van der Waals surface area contributed by atoms with Crippen LogP contribution in [0.1, 0.15) is 32.1 Å². The number of carbonyl (C=O) groups is 1. The van der Waals surface area contributed by atoms with E-state index in [2.05, 4.69) is 11.9 Å². The first-order valence-corrected chi connectivity index (χ1v) is 6.23. The molecule has 1 N–H and O–H groups in total. The molecular formula is C12H21NO3. The number of nitrogens with zero attached hydrogens (tertiary/aromatic N) is 1. The molecule has 2 fully saturated rings. The fraction of sp³-hybridized carbons (Fsp3) is 0.917. The van der Waals surface area contributed by atoms with Crippen molar-refractivity contribution in [3.8, 4) is 0 Å². The lowest BCUT2D eigenvalue weighted by Crippen LogP contribution is -2.33. The zero-order chi connectivity index (χ0) is 11.5. The maximum atomic E-state index is 11.0.